The van der Waals surface area contributed by atoms with Crippen molar-refractivity contribution in [1.29, 1.82) is 0 Å². The molecule has 2 aromatic rings. The molecule has 0 amide bonds. The van der Waals surface area contributed by atoms with E-state index in [4.69, 9.17) is 9.52 Å². The second kappa shape index (κ2) is 5.84. The Morgan fingerprint density at radius 3 is 3.00 bits per heavy atom. The minimum absolute atomic E-state index is 0.216. The quantitative estimate of drug-likeness (QED) is 0.739. The molecule has 2 N–H and O–H groups in total. The molecular formula is C13H18N2O3. The zero-order valence-corrected chi connectivity index (χ0v) is 10.5. The molecule has 0 aliphatic rings. The van der Waals surface area contributed by atoms with Crippen molar-refractivity contribution in [3.8, 4) is 0 Å². The van der Waals surface area contributed by atoms with Crippen molar-refractivity contribution in [2.75, 3.05) is 19.7 Å². The molecule has 2 rings (SSSR count). The number of aliphatic hydroxyl groups is 1. The highest BCUT2D eigenvalue weighted by Gasteiger charge is 2.05. The smallest absolute Gasteiger partial charge is 0.408 e. The summed E-state index contributed by atoms with van der Waals surface area (Å²) in [6.45, 7) is 1.88. The van der Waals surface area contributed by atoms with Gasteiger partial charge >= 0.3 is 5.76 Å². The Morgan fingerprint density at radius 2 is 2.22 bits per heavy atom. The molecule has 0 aliphatic heterocycles. The summed E-state index contributed by atoms with van der Waals surface area (Å²) in [6, 6.07) is 5.82. The predicted octanol–water partition coefficient (Wildman–Crippen LogP) is 0.646. The van der Waals surface area contributed by atoms with E-state index in [9.17, 15) is 4.79 Å². The van der Waals surface area contributed by atoms with E-state index in [-0.39, 0.29) is 12.4 Å². The van der Waals surface area contributed by atoms with E-state index >= 15 is 0 Å². The Bertz CT molecular complexity index is 571. The molecule has 5 heteroatoms. The zero-order chi connectivity index (χ0) is 13.0. The molecule has 0 saturated carbocycles. The number of aliphatic hydroxyl groups excluding tert-OH is 1. The van der Waals surface area contributed by atoms with Gasteiger partial charge in [0.25, 0.3) is 0 Å². The van der Waals surface area contributed by atoms with E-state index in [2.05, 4.69) is 5.32 Å². The molecule has 1 aromatic heterocycles. The fourth-order valence-corrected chi connectivity index (χ4v) is 1.90. The Kier molecular flexibility index (Phi) is 4.17. The summed E-state index contributed by atoms with van der Waals surface area (Å²) >= 11 is 0. The van der Waals surface area contributed by atoms with Gasteiger partial charge in [-0.1, -0.05) is 6.07 Å². The highest BCUT2D eigenvalue weighted by Crippen LogP contribution is 2.14. The maximum Gasteiger partial charge on any atom is 0.419 e. The first-order chi connectivity index (χ1) is 8.72. The van der Waals surface area contributed by atoms with Crippen LogP contribution in [0, 0.1) is 0 Å². The number of fused-ring (bicyclic) bond motifs is 1. The van der Waals surface area contributed by atoms with Crippen molar-refractivity contribution >= 4 is 11.1 Å². The molecule has 0 unspecified atom stereocenters. The van der Waals surface area contributed by atoms with Gasteiger partial charge in [0.15, 0.2) is 5.58 Å². The molecule has 0 saturated heterocycles. The number of aryl methyl sites for hydroxylation is 1. The van der Waals surface area contributed by atoms with Gasteiger partial charge in [-0.25, -0.2) is 4.79 Å². The van der Waals surface area contributed by atoms with Crippen LogP contribution in [0.2, 0.25) is 0 Å². The van der Waals surface area contributed by atoms with Crippen LogP contribution in [0.4, 0.5) is 0 Å². The lowest BCUT2D eigenvalue weighted by Crippen LogP contribution is -2.19. The second-order valence-corrected chi connectivity index (χ2v) is 4.31. The van der Waals surface area contributed by atoms with Crippen LogP contribution >= 0.6 is 0 Å². The molecule has 0 bridgehead atoms. The molecule has 1 aromatic carbocycles. The van der Waals surface area contributed by atoms with Gasteiger partial charge in [-0.05, 0) is 43.6 Å². The highest BCUT2D eigenvalue weighted by atomic mass is 16.4. The van der Waals surface area contributed by atoms with Crippen LogP contribution in [0.5, 0.6) is 0 Å². The molecule has 0 radical (unpaired) electrons. The number of rotatable bonds is 6. The number of aromatic nitrogens is 1. The van der Waals surface area contributed by atoms with Crippen molar-refractivity contribution in [2.45, 2.75) is 12.8 Å². The van der Waals surface area contributed by atoms with E-state index < -0.39 is 0 Å². The third-order valence-corrected chi connectivity index (χ3v) is 2.96. The lowest BCUT2D eigenvalue weighted by Gasteiger charge is -2.03. The number of benzene rings is 1. The van der Waals surface area contributed by atoms with Crippen LogP contribution in [0.15, 0.2) is 27.4 Å². The Labute approximate surface area is 105 Å². The SMILES string of the molecule is Cn1c(=O)oc2cc(CCNCCCO)ccc21. The minimum atomic E-state index is -0.330. The number of nitrogens with one attached hydrogen (secondary N) is 1. The van der Waals surface area contributed by atoms with Crippen molar-refractivity contribution in [1.82, 2.24) is 9.88 Å². The van der Waals surface area contributed by atoms with Crippen molar-refractivity contribution in [3.63, 3.8) is 0 Å². The van der Waals surface area contributed by atoms with Crippen LogP contribution in [0.3, 0.4) is 0 Å². The normalized spacial score (nSPS) is 11.2. The largest absolute Gasteiger partial charge is 0.419 e. The summed E-state index contributed by atoms with van der Waals surface area (Å²) in [5, 5.41) is 11.9. The summed E-state index contributed by atoms with van der Waals surface area (Å²) in [6.07, 6.45) is 1.65. The fraction of sp³-hybridized carbons (Fsp3) is 0.462. The first-order valence-electron chi connectivity index (χ1n) is 6.12. The lowest BCUT2D eigenvalue weighted by atomic mass is 10.1. The third-order valence-electron chi connectivity index (χ3n) is 2.96. The van der Waals surface area contributed by atoms with Gasteiger partial charge in [-0.3, -0.25) is 4.57 Å². The summed E-state index contributed by atoms with van der Waals surface area (Å²) < 4.78 is 6.64. The molecule has 1 heterocycles. The minimum Gasteiger partial charge on any atom is -0.408 e. The van der Waals surface area contributed by atoms with Crippen molar-refractivity contribution < 1.29 is 9.52 Å². The standard InChI is InChI=1S/C13H18N2O3/c1-15-11-4-3-10(5-7-14-6-2-8-16)9-12(11)18-13(15)17/h3-4,9,14,16H,2,5-8H2,1H3. The summed E-state index contributed by atoms with van der Waals surface area (Å²) in [7, 11) is 1.70. The van der Waals surface area contributed by atoms with E-state index in [0.717, 1.165) is 37.0 Å². The lowest BCUT2D eigenvalue weighted by molar-refractivity contribution is 0.286. The average Bonchev–Trinajstić information content (AvgIpc) is 2.65. The monoisotopic (exact) mass is 250 g/mol. The van der Waals surface area contributed by atoms with Gasteiger partial charge in [0.2, 0.25) is 0 Å². The van der Waals surface area contributed by atoms with Crippen LogP contribution in [0.1, 0.15) is 12.0 Å². The van der Waals surface area contributed by atoms with Gasteiger partial charge < -0.3 is 14.8 Å². The fourth-order valence-electron chi connectivity index (χ4n) is 1.90. The van der Waals surface area contributed by atoms with Crippen LogP contribution < -0.4 is 11.1 Å². The van der Waals surface area contributed by atoms with E-state index in [1.54, 1.807) is 7.05 Å². The van der Waals surface area contributed by atoms with Gasteiger partial charge in [0.1, 0.15) is 0 Å². The highest BCUT2D eigenvalue weighted by molar-refractivity contribution is 5.73. The number of hydrogen-bond acceptors (Lipinski definition) is 4. The van der Waals surface area contributed by atoms with E-state index in [1.807, 2.05) is 18.2 Å². The first kappa shape index (κ1) is 12.9. The van der Waals surface area contributed by atoms with Crippen molar-refractivity contribution in [2.24, 2.45) is 7.05 Å². The van der Waals surface area contributed by atoms with E-state index in [1.165, 1.54) is 4.57 Å². The Hall–Kier alpha value is -1.59. The Balaban J connectivity index is 2.00. The maximum atomic E-state index is 11.3. The zero-order valence-electron chi connectivity index (χ0n) is 10.5. The molecule has 0 spiro atoms. The van der Waals surface area contributed by atoms with Crippen LogP contribution in [-0.2, 0) is 13.5 Å². The summed E-state index contributed by atoms with van der Waals surface area (Å²) in [4.78, 5) is 11.3. The van der Waals surface area contributed by atoms with Crippen molar-refractivity contribution in [3.05, 3.63) is 34.3 Å². The molecule has 18 heavy (non-hydrogen) atoms. The first-order valence-corrected chi connectivity index (χ1v) is 6.12. The van der Waals surface area contributed by atoms with Gasteiger partial charge in [-0.15, -0.1) is 0 Å². The Morgan fingerprint density at radius 1 is 1.39 bits per heavy atom. The van der Waals surface area contributed by atoms with Gasteiger partial charge in [0, 0.05) is 13.7 Å². The van der Waals surface area contributed by atoms with Crippen LogP contribution in [-0.4, -0.2) is 29.4 Å². The molecular weight excluding hydrogens is 232 g/mol. The summed E-state index contributed by atoms with van der Waals surface area (Å²) in [5.74, 6) is -0.330. The average molecular weight is 250 g/mol. The van der Waals surface area contributed by atoms with Crippen LogP contribution in [0.25, 0.3) is 11.1 Å². The number of nitrogens with zero attached hydrogens (tertiary/aromatic N) is 1. The predicted molar refractivity (Wildman–Crippen MR) is 69.7 cm³/mol. The van der Waals surface area contributed by atoms with Gasteiger partial charge in [0.05, 0.1) is 5.52 Å². The second-order valence-electron chi connectivity index (χ2n) is 4.31. The topological polar surface area (TPSA) is 67.4 Å². The molecule has 0 aliphatic carbocycles. The number of oxazole rings is 1. The maximum absolute atomic E-state index is 11.3. The number of hydrogen-bond donors (Lipinski definition) is 2. The third kappa shape index (κ3) is 2.80. The summed E-state index contributed by atoms with van der Waals surface area (Å²) in [5.41, 5.74) is 2.58. The van der Waals surface area contributed by atoms with Gasteiger partial charge in [-0.2, -0.15) is 0 Å². The molecule has 5 nitrogen and oxygen atoms in total. The molecule has 98 valence electrons. The van der Waals surface area contributed by atoms with E-state index in [0.29, 0.717) is 5.58 Å². The molecule has 0 atom stereocenters. The molecule has 0 fully saturated rings.